The first-order valence-corrected chi connectivity index (χ1v) is 5.84. The molecule has 1 aromatic carbocycles. The van der Waals surface area contributed by atoms with E-state index in [1.54, 1.807) is 19.2 Å². The van der Waals surface area contributed by atoms with Crippen LogP contribution < -0.4 is 0 Å². The molecule has 4 heteroatoms. The van der Waals surface area contributed by atoms with E-state index in [0.29, 0.717) is 12.2 Å². The number of H-pyrrole nitrogens is 1. The van der Waals surface area contributed by atoms with Gasteiger partial charge in [-0.3, -0.25) is 0 Å². The summed E-state index contributed by atoms with van der Waals surface area (Å²) in [4.78, 5) is 19.3. The molecule has 0 unspecified atom stereocenters. The Morgan fingerprint density at radius 1 is 1.28 bits per heavy atom. The summed E-state index contributed by atoms with van der Waals surface area (Å²) in [5.74, 6) is -0.311. The average Bonchev–Trinajstić information content (AvgIpc) is 2.77. The minimum Gasteiger partial charge on any atom is -0.462 e. The number of nitrogens with one attached hydrogen (secondary N) is 1. The Morgan fingerprint density at radius 2 is 2.11 bits per heavy atom. The summed E-state index contributed by atoms with van der Waals surface area (Å²) in [6, 6.07) is 9.45. The lowest BCUT2D eigenvalue weighted by Gasteiger charge is -2.02. The van der Waals surface area contributed by atoms with E-state index in [9.17, 15) is 4.79 Å². The van der Waals surface area contributed by atoms with Crippen molar-refractivity contribution in [3.8, 4) is 0 Å². The Kier molecular flexibility index (Phi) is 2.48. The van der Waals surface area contributed by atoms with E-state index in [2.05, 4.69) is 9.97 Å². The fourth-order valence-corrected chi connectivity index (χ4v) is 2.13. The summed E-state index contributed by atoms with van der Waals surface area (Å²) in [6.07, 6.45) is 1.72. The molecule has 0 fully saturated rings. The Labute approximate surface area is 104 Å². The number of carbonyl (C=O) groups excluding carboxylic acids is 1. The van der Waals surface area contributed by atoms with E-state index in [0.717, 1.165) is 21.9 Å². The largest absolute Gasteiger partial charge is 0.462 e. The number of rotatable bonds is 2. The maximum Gasteiger partial charge on any atom is 0.340 e. The van der Waals surface area contributed by atoms with Crippen LogP contribution in [-0.4, -0.2) is 22.5 Å². The average molecular weight is 240 g/mol. The van der Waals surface area contributed by atoms with Crippen LogP contribution in [-0.2, 0) is 4.74 Å². The zero-order valence-corrected chi connectivity index (χ0v) is 9.93. The highest BCUT2D eigenvalue weighted by Crippen LogP contribution is 2.26. The van der Waals surface area contributed by atoms with Crippen molar-refractivity contribution in [3.63, 3.8) is 0 Å². The van der Waals surface area contributed by atoms with Crippen LogP contribution in [0.3, 0.4) is 0 Å². The van der Waals surface area contributed by atoms with Crippen LogP contribution in [0.25, 0.3) is 21.9 Å². The fourth-order valence-electron chi connectivity index (χ4n) is 2.13. The number of pyridine rings is 1. The quantitative estimate of drug-likeness (QED) is 0.701. The highest BCUT2D eigenvalue weighted by atomic mass is 16.5. The van der Waals surface area contributed by atoms with Gasteiger partial charge in [0.25, 0.3) is 0 Å². The fraction of sp³-hybridized carbons (Fsp3) is 0.143. The topological polar surface area (TPSA) is 55.0 Å². The monoisotopic (exact) mass is 240 g/mol. The van der Waals surface area contributed by atoms with E-state index in [1.165, 1.54) is 0 Å². The molecule has 0 aliphatic rings. The lowest BCUT2D eigenvalue weighted by atomic mass is 10.1. The van der Waals surface area contributed by atoms with Crippen molar-refractivity contribution in [2.24, 2.45) is 0 Å². The van der Waals surface area contributed by atoms with E-state index in [1.807, 2.05) is 24.3 Å². The smallest absolute Gasteiger partial charge is 0.340 e. The molecule has 4 nitrogen and oxygen atoms in total. The van der Waals surface area contributed by atoms with Crippen LogP contribution in [0.2, 0.25) is 0 Å². The number of benzene rings is 1. The molecule has 2 aromatic heterocycles. The zero-order valence-electron chi connectivity index (χ0n) is 9.93. The second kappa shape index (κ2) is 4.14. The van der Waals surface area contributed by atoms with Gasteiger partial charge < -0.3 is 9.72 Å². The van der Waals surface area contributed by atoms with Crippen LogP contribution in [0.15, 0.2) is 36.5 Å². The number of carbonyl (C=O) groups is 1. The van der Waals surface area contributed by atoms with Gasteiger partial charge in [0, 0.05) is 17.0 Å². The highest BCUT2D eigenvalue weighted by molar-refractivity contribution is 6.13. The molecular weight excluding hydrogens is 228 g/mol. The Balaban J connectivity index is 2.31. The normalized spacial score (nSPS) is 10.9. The molecule has 1 N–H and O–H groups in total. The number of nitrogens with zero attached hydrogens (tertiary/aromatic N) is 1. The summed E-state index contributed by atoms with van der Waals surface area (Å²) in [7, 11) is 0. The molecule has 0 aliphatic carbocycles. The van der Waals surface area contributed by atoms with Gasteiger partial charge in [0.05, 0.1) is 17.7 Å². The van der Waals surface area contributed by atoms with Crippen LogP contribution in [0.4, 0.5) is 0 Å². The Morgan fingerprint density at radius 3 is 2.94 bits per heavy atom. The Hall–Kier alpha value is -2.36. The van der Waals surface area contributed by atoms with Crippen molar-refractivity contribution in [1.82, 2.24) is 9.97 Å². The van der Waals surface area contributed by atoms with E-state index < -0.39 is 0 Å². The summed E-state index contributed by atoms with van der Waals surface area (Å²) in [5.41, 5.74) is 2.11. The van der Waals surface area contributed by atoms with E-state index >= 15 is 0 Å². The second-order valence-corrected chi connectivity index (χ2v) is 3.97. The van der Waals surface area contributed by atoms with E-state index in [4.69, 9.17) is 4.74 Å². The molecule has 0 atom stereocenters. The molecule has 0 bridgehead atoms. The summed E-state index contributed by atoms with van der Waals surface area (Å²) in [6.45, 7) is 2.17. The minimum atomic E-state index is -0.311. The summed E-state index contributed by atoms with van der Waals surface area (Å²) < 4.78 is 5.05. The van der Waals surface area contributed by atoms with Gasteiger partial charge in [0.15, 0.2) is 0 Å². The molecule has 2 heterocycles. The number of esters is 1. The predicted molar refractivity (Wildman–Crippen MR) is 69.6 cm³/mol. The van der Waals surface area contributed by atoms with Gasteiger partial charge in [-0.05, 0) is 25.1 Å². The maximum atomic E-state index is 11.9. The number of fused-ring (bicyclic) bond motifs is 3. The van der Waals surface area contributed by atoms with Gasteiger partial charge in [-0.15, -0.1) is 0 Å². The van der Waals surface area contributed by atoms with Crippen molar-refractivity contribution in [1.29, 1.82) is 0 Å². The first-order valence-electron chi connectivity index (χ1n) is 5.84. The molecule has 0 spiro atoms. The molecule has 0 radical (unpaired) electrons. The standard InChI is InChI=1S/C14H12N2O2/c1-2-18-14(17)11-6-3-5-9-10-7-4-8-15-13(10)16-12(9)11/h3-8H,2H2,1H3,(H,15,16). The van der Waals surface area contributed by atoms with Crippen LogP contribution in [0.5, 0.6) is 0 Å². The van der Waals surface area contributed by atoms with Crippen molar-refractivity contribution >= 4 is 27.9 Å². The zero-order chi connectivity index (χ0) is 12.5. The molecule has 3 rings (SSSR count). The number of hydrogen-bond donors (Lipinski definition) is 1. The molecule has 0 saturated heterocycles. The van der Waals surface area contributed by atoms with Gasteiger partial charge in [-0.25, -0.2) is 9.78 Å². The molecular formula is C14H12N2O2. The maximum absolute atomic E-state index is 11.9. The van der Waals surface area contributed by atoms with E-state index in [-0.39, 0.29) is 5.97 Å². The second-order valence-electron chi connectivity index (χ2n) is 3.97. The van der Waals surface area contributed by atoms with Crippen molar-refractivity contribution < 1.29 is 9.53 Å². The third-order valence-corrected chi connectivity index (χ3v) is 2.90. The van der Waals surface area contributed by atoms with Crippen LogP contribution >= 0.6 is 0 Å². The molecule has 3 aromatic rings. The number of hydrogen-bond acceptors (Lipinski definition) is 3. The van der Waals surface area contributed by atoms with Crippen molar-refractivity contribution in [2.75, 3.05) is 6.61 Å². The Bertz CT molecular complexity index is 731. The summed E-state index contributed by atoms with van der Waals surface area (Å²) >= 11 is 0. The van der Waals surface area contributed by atoms with Crippen LogP contribution in [0, 0.1) is 0 Å². The molecule has 0 aliphatic heterocycles. The number of ether oxygens (including phenoxy) is 1. The first kappa shape index (κ1) is 10.8. The molecule has 18 heavy (non-hydrogen) atoms. The molecule has 0 saturated carbocycles. The number of aromatic nitrogens is 2. The SMILES string of the molecule is CCOC(=O)c1cccc2c1[nH]c1ncccc12. The van der Waals surface area contributed by atoms with Gasteiger partial charge in [0.2, 0.25) is 0 Å². The predicted octanol–water partition coefficient (Wildman–Crippen LogP) is 2.89. The lowest BCUT2D eigenvalue weighted by Crippen LogP contribution is -2.05. The highest BCUT2D eigenvalue weighted by Gasteiger charge is 2.14. The number of para-hydroxylation sites is 1. The van der Waals surface area contributed by atoms with Crippen molar-refractivity contribution in [3.05, 3.63) is 42.1 Å². The van der Waals surface area contributed by atoms with Crippen molar-refractivity contribution in [2.45, 2.75) is 6.92 Å². The summed E-state index contributed by atoms with van der Waals surface area (Å²) in [5, 5.41) is 2.00. The van der Waals surface area contributed by atoms with Gasteiger partial charge >= 0.3 is 5.97 Å². The molecule has 90 valence electrons. The van der Waals surface area contributed by atoms with Gasteiger partial charge in [-0.2, -0.15) is 0 Å². The minimum absolute atomic E-state index is 0.311. The molecule has 0 amide bonds. The first-order chi connectivity index (χ1) is 8.81. The van der Waals surface area contributed by atoms with Crippen LogP contribution in [0.1, 0.15) is 17.3 Å². The van der Waals surface area contributed by atoms with Gasteiger partial charge in [-0.1, -0.05) is 12.1 Å². The number of aromatic amines is 1. The third kappa shape index (κ3) is 1.54. The van der Waals surface area contributed by atoms with Gasteiger partial charge in [0.1, 0.15) is 5.65 Å². The third-order valence-electron chi connectivity index (χ3n) is 2.90. The lowest BCUT2D eigenvalue weighted by molar-refractivity contribution is 0.0528.